The molecule has 0 aromatic heterocycles. The third-order valence-electron chi connectivity index (χ3n) is 4.11. The molecule has 28 heavy (non-hydrogen) atoms. The number of terminal acetylenes is 1. The molecule has 3 rings (SSSR count). The fraction of sp³-hybridized carbons (Fsp3) is 0.217. The van der Waals surface area contributed by atoms with Gasteiger partial charge in [0.15, 0.2) is 5.17 Å². The molecule has 1 saturated heterocycles. The lowest BCUT2D eigenvalue weighted by Gasteiger charge is -2.19. The number of thioether (sulfide) groups is 1. The highest BCUT2D eigenvalue weighted by Gasteiger charge is 2.35. The summed E-state index contributed by atoms with van der Waals surface area (Å²) in [5.74, 6) is 3.11. The van der Waals surface area contributed by atoms with Crippen molar-refractivity contribution in [3.05, 3.63) is 64.6 Å². The van der Waals surface area contributed by atoms with Crippen LogP contribution in [0.25, 0.3) is 6.08 Å². The Morgan fingerprint density at radius 1 is 1.18 bits per heavy atom. The second-order valence-corrected chi connectivity index (χ2v) is 7.68. The van der Waals surface area contributed by atoms with Crippen LogP contribution in [0.2, 0.25) is 0 Å². The lowest BCUT2D eigenvalue weighted by Crippen LogP contribution is -2.35. The van der Waals surface area contributed by atoms with Gasteiger partial charge in [0, 0.05) is 6.04 Å². The van der Waals surface area contributed by atoms with Crippen molar-refractivity contribution in [2.75, 3.05) is 6.61 Å². The molecule has 0 saturated carbocycles. The summed E-state index contributed by atoms with van der Waals surface area (Å²) in [6.45, 7) is 6.25. The van der Waals surface area contributed by atoms with E-state index in [9.17, 15) is 4.79 Å². The Bertz CT molecular complexity index is 952. The molecule has 1 fully saturated rings. The monoisotopic (exact) mass is 390 g/mol. The second-order valence-electron chi connectivity index (χ2n) is 6.67. The Morgan fingerprint density at radius 3 is 2.46 bits per heavy atom. The first kappa shape index (κ1) is 19.8. The topological polar surface area (TPSA) is 41.9 Å². The first-order chi connectivity index (χ1) is 13.5. The zero-order valence-corrected chi connectivity index (χ0v) is 17.0. The Hall–Kier alpha value is -2.97. The number of amides is 1. The van der Waals surface area contributed by atoms with E-state index in [1.165, 1.54) is 17.3 Å². The summed E-state index contributed by atoms with van der Waals surface area (Å²) < 4.78 is 5.39. The first-order valence-corrected chi connectivity index (χ1v) is 9.84. The largest absolute Gasteiger partial charge is 0.481 e. The average molecular weight is 391 g/mol. The minimum absolute atomic E-state index is 0.0228. The number of hydrogen-bond acceptors (Lipinski definition) is 4. The van der Waals surface area contributed by atoms with Crippen LogP contribution in [0, 0.1) is 19.3 Å². The van der Waals surface area contributed by atoms with Crippen LogP contribution in [0.5, 0.6) is 5.75 Å². The molecular weight excluding hydrogens is 368 g/mol. The molecule has 0 radical (unpaired) electrons. The molecule has 1 heterocycles. The van der Waals surface area contributed by atoms with E-state index in [0.717, 1.165) is 11.3 Å². The van der Waals surface area contributed by atoms with E-state index in [-0.39, 0.29) is 18.6 Å². The minimum atomic E-state index is -0.0291. The SMILES string of the molecule is C#CCOc1ccc(/C=C2/SC(=Nc3ccc(C)cc3)N(C(C)C)C2=O)cc1. The maximum atomic E-state index is 12.9. The van der Waals surface area contributed by atoms with Gasteiger partial charge in [-0.2, -0.15) is 0 Å². The van der Waals surface area contributed by atoms with Crippen molar-refractivity contribution in [1.29, 1.82) is 0 Å². The smallest absolute Gasteiger partial charge is 0.266 e. The average Bonchev–Trinajstić information content (AvgIpc) is 2.98. The van der Waals surface area contributed by atoms with Crippen molar-refractivity contribution >= 4 is 34.6 Å². The van der Waals surface area contributed by atoms with Gasteiger partial charge in [-0.25, -0.2) is 4.99 Å². The standard InChI is InChI=1S/C23H22N2O2S/c1-5-14-27-20-12-8-18(9-13-20)15-21-22(26)25(16(2)3)23(28-21)24-19-10-6-17(4)7-11-19/h1,6-13,15-16H,14H2,2-4H3/b21-15+,24-23?. The molecule has 142 valence electrons. The molecule has 0 aliphatic carbocycles. The lowest BCUT2D eigenvalue weighted by atomic mass is 10.2. The summed E-state index contributed by atoms with van der Waals surface area (Å²) in [5.41, 5.74) is 2.93. The fourth-order valence-electron chi connectivity index (χ4n) is 2.69. The van der Waals surface area contributed by atoms with Crippen LogP contribution < -0.4 is 4.74 Å². The van der Waals surface area contributed by atoms with Gasteiger partial charge in [0.05, 0.1) is 10.6 Å². The van der Waals surface area contributed by atoms with E-state index in [1.807, 2.05) is 75.4 Å². The van der Waals surface area contributed by atoms with E-state index in [0.29, 0.717) is 15.8 Å². The van der Waals surface area contributed by atoms with Crippen molar-refractivity contribution in [3.8, 4) is 18.1 Å². The van der Waals surface area contributed by atoms with Gasteiger partial charge in [0.25, 0.3) is 5.91 Å². The van der Waals surface area contributed by atoms with Gasteiger partial charge < -0.3 is 4.74 Å². The van der Waals surface area contributed by atoms with Crippen molar-refractivity contribution in [3.63, 3.8) is 0 Å². The predicted octanol–water partition coefficient (Wildman–Crippen LogP) is 5.02. The van der Waals surface area contributed by atoms with E-state index < -0.39 is 0 Å². The number of ether oxygens (including phenoxy) is 1. The lowest BCUT2D eigenvalue weighted by molar-refractivity contribution is -0.123. The summed E-state index contributed by atoms with van der Waals surface area (Å²) in [7, 11) is 0. The molecule has 0 bridgehead atoms. The molecule has 2 aromatic rings. The Morgan fingerprint density at radius 2 is 1.86 bits per heavy atom. The van der Waals surface area contributed by atoms with Crippen molar-refractivity contribution < 1.29 is 9.53 Å². The molecule has 1 aliphatic heterocycles. The normalized spacial score (nSPS) is 16.8. The third-order valence-corrected chi connectivity index (χ3v) is 5.09. The third kappa shape index (κ3) is 4.65. The van der Waals surface area contributed by atoms with Crippen LogP contribution in [-0.4, -0.2) is 28.6 Å². The van der Waals surface area contributed by atoms with Crippen LogP contribution in [0.15, 0.2) is 58.4 Å². The van der Waals surface area contributed by atoms with Gasteiger partial charge in [-0.1, -0.05) is 35.7 Å². The molecule has 0 spiro atoms. The molecule has 4 nitrogen and oxygen atoms in total. The molecule has 0 atom stereocenters. The van der Waals surface area contributed by atoms with Gasteiger partial charge in [0.2, 0.25) is 0 Å². The Kier molecular flexibility index (Phi) is 6.23. The molecule has 1 aliphatic rings. The second kappa shape index (κ2) is 8.81. The quantitative estimate of drug-likeness (QED) is 0.532. The summed E-state index contributed by atoms with van der Waals surface area (Å²) in [6.07, 6.45) is 7.08. The number of rotatable bonds is 5. The molecular formula is C23H22N2O2S. The number of amidine groups is 1. The van der Waals surface area contributed by atoms with Crippen LogP contribution in [0.4, 0.5) is 5.69 Å². The number of carbonyl (C=O) groups is 1. The fourth-order valence-corrected chi connectivity index (χ4v) is 3.81. The van der Waals surface area contributed by atoms with Crippen LogP contribution in [0.1, 0.15) is 25.0 Å². The predicted molar refractivity (Wildman–Crippen MR) is 117 cm³/mol. The zero-order valence-electron chi connectivity index (χ0n) is 16.2. The minimum Gasteiger partial charge on any atom is -0.481 e. The number of aryl methyl sites for hydroxylation is 1. The van der Waals surface area contributed by atoms with E-state index >= 15 is 0 Å². The number of nitrogens with zero attached hydrogens (tertiary/aromatic N) is 2. The number of carbonyl (C=O) groups excluding carboxylic acids is 1. The molecule has 5 heteroatoms. The highest BCUT2D eigenvalue weighted by Crippen LogP contribution is 2.35. The van der Waals surface area contributed by atoms with Gasteiger partial charge in [-0.15, -0.1) is 6.42 Å². The summed E-state index contributed by atoms with van der Waals surface area (Å²) in [5, 5.41) is 0.698. The highest BCUT2D eigenvalue weighted by molar-refractivity contribution is 8.18. The van der Waals surface area contributed by atoms with Crippen molar-refractivity contribution in [2.45, 2.75) is 26.8 Å². The van der Waals surface area contributed by atoms with Gasteiger partial charge >= 0.3 is 0 Å². The van der Waals surface area contributed by atoms with Gasteiger partial charge in [-0.05, 0) is 68.4 Å². The number of aliphatic imine (C=N–C) groups is 1. The van der Waals surface area contributed by atoms with Crippen LogP contribution in [0.3, 0.4) is 0 Å². The van der Waals surface area contributed by atoms with Crippen LogP contribution in [-0.2, 0) is 4.79 Å². The van der Waals surface area contributed by atoms with E-state index in [4.69, 9.17) is 16.2 Å². The molecule has 0 unspecified atom stereocenters. The Labute approximate surface area is 170 Å². The van der Waals surface area contributed by atoms with Crippen LogP contribution >= 0.6 is 11.8 Å². The molecule has 2 aromatic carbocycles. The maximum absolute atomic E-state index is 12.9. The van der Waals surface area contributed by atoms with Crippen molar-refractivity contribution in [2.24, 2.45) is 4.99 Å². The molecule has 1 amide bonds. The highest BCUT2D eigenvalue weighted by atomic mass is 32.2. The molecule has 0 N–H and O–H groups in total. The van der Waals surface area contributed by atoms with E-state index in [2.05, 4.69) is 5.92 Å². The van der Waals surface area contributed by atoms with Gasteiger partial charge in [-0.3, -0.25) is 9.69 Å². The zero-order chi connectivity index (χ0) is 20.1. The van der Waals surface area contributed by atoms with Crippen molar-refractivity contribution in [1.82, 2.24) is 4.90 Å². The first-order valence-electron chi connectivity index (χ1n) is 9.02. The van der Waals surface area contributed by atoms with E-state index in [1.54, 1.807) is 4.90 Å². The summed E-state index contributed by atoms with van der Waals surface area (Å²) in [4.78, 5) is 20.0. The van der Waals surface area contributed by atoms with Gasteiger partial charge in [0.1, 0.15) is 12.4 Å². The summed E-state index contributed by atoms with van der Waals surface area (Å²) in [6, 6.07) is 15.5. The number of hydrogen-bond donors (Lipinski definition) is 0. The number of benzene rings is 2. The Balaban J connectivity index is 1.86. The summed E-state index contributed by atoms with van der Waals surface area (Å²) >= 11 is 1.40. The maximum Gasteiger partial charge on any atom is 0.266 e.